The zero-order valence-corrected chi connectivity index (χ0v) is 23.2. The van der Waals surface area contributed by atoms with E-state index in [2.05, 4.69) is 25.7 Å². The van der Waals surface area contributed by atoms with Crippen LogP contribution in [0.1, 0.15) is 33.6 Å². The van der Waals surface area contributed by atoms with Gasteiger partial charge in [0.1, 0.15) is 23.4 Å². The Bertz CT molecular complexity index is 1520. The topological polar surface area (TPSA) is 112 Å². The first-order valence-electron chi connectivity index (χ1n) is 13.8. The van der Waals surface area contributed by atoms with Gasteiger partial charge in [-0.3, -0.25) is 4.79 Å². The lowest BCUT2D eigenvalue weighted by atomic mass is 10.1. The third kappa shape index (κ3) is 5.06. The van der Waals surface area contributed by atoms with Gasteiger partial charge in [-0.2, -0.15) is 4.98 Å². The molecule has 2 aromatic heterocycles. The van der Waals surface area contributed by atoms with E-state index in [1.165, 1.54) is 0 Å². The molecule has 1 unspecified atom stereocenters. The summed E-state index contributed by atoms with van der Waals surface area (Å²) in [6.45, 7) is 9.26. The summed E-state index contributed by atoms with van der Waals surface area (Å²) in [5, 5.41) is 5.52. The van der Waals surface area contributed by atoms with Crippen molar-refractivity contribution < 1.29 is 14.3 Å². The second kappa shape index (κ2) is 10.4. The highest BCUT2D eigenvalue weighted by Crippen LogP contribution is 2.36. The van der Waals surface area contributed by atoms with Crippen molar-refractivity contribution >= 4 is 28.7 Å². The Morgan fingerprint density at radius 3 is 2.45 bits per heavy atom. The lowest BCUT2D eigenvalue weighted by molar-refractivity contribution is -0.141. The summed E-state index contributed by atoms with van der Waals surface area (Å²) >= 11 is 0. The molecule has 2 aliphatic rings. The first-order valence-corrected chi connectivity index (χ1v) is 13.8. The number of anilines is 2. The van der Waals surface area contributed by atoms with Crippen LogP contribution >= 0.6 is 0 Å². The summed E-state index contributed by atoms with van der Waals surface area (Å²) in [7, 11) is 0. The molecule has 4 heterocycles. The van der Waals surface area contributed by atoms with Gasteiger partial charge in [0.25, 0.3) is 5.91 Å². The fourth-order valence-corrected chi connectivity index (χ4v) is 5.30. The van der Waals surface area contributed by atoms with Gasteiger partial charge in [-0.25, -0.2) is 9.67 Å². The molecule has 2 aromatic carbocycles. The first kappa shape index (κ1) is 26.1. The van der Waals surface area contributed by atoms with Gasteiger partial charge in [0.15, 0.2) is 5.65 Å². The number of hydrogen-bond donors (Lipinski definition) is 1. The van der Waals surface area contributed by atoms with Crippen LogP contribution in [0.2, 0.25) is 0 Å². The lowest BCUT2D eigenvalue weighted by Crippen LogP contribution is -2.51. The number of piperazine rings is 1. The molecule has 208 valence electrons. The smallest absolute Gasteiger partial charge is 0.251 e. The Morgan fingerprint density at radius 2 is 1.75 bits per heavy atom. The lowest BCUT2D eigenvalue weighted by Gasteiger charge is -2.35. The van der Waals surface area contributed by atoms with Crippen molar-refractivity contribution in [1.82, 2.24) is 24.6 Å². The Balaban J connectivity index is 1.35. The summed E-state index contributed by atoms with van der Waals surface area (Å²) in [4.78, 5) is 26.8. The van der Waals surface area contributed by atoms with E-state index >= 15 is 0 Å². The van der Waals surface area contributed by atoms with E-state index in [9.17, 15) is 4.79 Å². The molecule has 0 spiro atoms. The van der Waals surface area contributed by atoms with Crippen LogP contribution in [-0.2, 0) is 15.1 Å². The number of carbonyl (C=O) groups excluding carboxylic acids is 1. The number of ether oxygens (including phenoxy) is 2. The fourth-order valence-electron chi connectivity index (χ4n) is 5.30. The van der Waals surface area contributed by atoms with Crippen molar-refractivity contribution in [1.29, 1.82) is 0 Å². The molecule has 2 aliphatic heterocycles. The Labute approximate surface area is 233 Å². The number of aromatic nitrogens is 4. The zero-order chi connectivity index (χ0) is 27.9. The van der Waals surface area contributed by atoms with Crippen LogP contribution in [0.5, 0.6) is 11.5 Å². The molecule has 0 saturated carbocycles. The van der Waals surface area contributed by atoms with Crippen LogP contribution in [0, 0.1) is 0 Å². The molecular formula is C30H35N7O3. The van der Waals surface area contributed by atoms with E-state index in [0.29, 0.717) is 67.0 Å². The predicted octanol–water partition coefficient (Wildman–Crippen LogP) is 4.45. The summed E-state index contributed by atoms with van der Waals surface area (Å²) < 4.78 is 13.5. The van der Waals surface area contributed by atoms with Crippen LogP contribution < -0.4 is 15.4 Å². The predicted molar refractivity (Wildman–Crippen MR) is 154 cm³/mol. The standard InChI is InChI=1S/C30H35N7O3/c1-30(2,3)37-26(31)24-25(20-9-7-12-22(19-20)40-21-10-5-4-6-11-21)32-29(33-27(24)34-37)36-16-14-35(15-17-36)28(38)23-13-8-18-39-23/h4-7,9-12,19,23H,8,13-18,31H2,1-3H3. The number of fused-ring (bicyclic) bond motifs is 1. The van der Waals surface area contributed by atoms with E-state index in [0.717, 1.165) is 24.2 Å². The van der Waals surface area contributed by atoms with Crippen LogP contribution in [0.15, 0.2) is 54.6 Å². The second-order valence-electron chi connectivity index (χ2n) is 11.3. The highest BCUT2D eigenvalue weighted by molar-refractivity contribution is 5.99. The number of nitrogens with zero attached hydrogens (tertiary/aromatic N) is 6. The minimum Gasteiger partial charge on any atom is -0.457 e. The Hall–Kier alpha value is -4.18. The second-order valence-corrected chi connectivity index (χ2v) is 11.3. The molecule has 6 rings (SSSR count). The average molecular weight is 542 g/mol. The van der Waals surface area contributed by atoms with Gasteiger partial charge in [0.05, 0.1) is 16.6 Å². The van der Waals surface area contributed by atoms with Crippen LogP contribution in [0.25, 0.3) is 22.3 Å². The maximum absolute atomic E-state index is 12.9. The summed E-state index contributed by atoms with van der Waals surface area (Å²) in [6, 6.07) is 17.5. The Morgan fingerprint density at radius 1 is 1.00 bits per heavy atom. The van der Waals surface area contributed by atoms with Gasteiger partial charge in [0.2, 0.25) is 5.95 Å². The van der Waals surface area contributed by atoms with E-state index in [4.69, 9.17) is 30.3 Å². The molecule has 0 bridgehead atoms. The minimum absolute atomic E-state index is 0.0844. The summed E-state index contributed by atoms with van der Waals surface area (Å²) in [5.41, 5.74) is 8.44. The van der Waals surface area contributed by atoms with E-state index in [-0.39, 0.29) is 17.6 Å². The maximum Gasteiger partial charge on any atom is 0.251 e. The number of nitrogen functional groups attached to an aromatic ring is 1. The zero-order valence-electron chi connectivity index (χ0n) is 23.2. The van der Waals surface area contributed by atoms with Gasteiger partial charge in [-0.05, 0) is 57.9 Å². The normalized spacial score (nSPS) is 17.9. The molecule has 40 heavy (non-hydrogen) atoms. The van der Waals surface area contributed by atoms with Crippen LogP contribution in [-0.4, -0.2) is 69.4 Å². The quantitative estimate of drug-likeness (QED) is 0.395. The van der Waals surface area contributed by atoms with E-state index in [1.807, 2.05) is 64.2 Å². The fraction of sp³-hybridized carbons (Fsp3) is 0.400. The molecule has 4 aromatic rings. The van der Waals surface area contributed by atoms with E-state index in [1.54, 1.807) is 0 Å². The third-order valence-corrected chi connectivity index (χ3v) is 7.36. The molecule has 10 heteroatoms. The van der Waals surface area contributed by atoms with Crippen molar-refractivity contribution in [3.8, 4) is 22.8 Å². The molecular weight excluding hydrogens is 506 g/mol. The molecule has 0 radical (unpaired) electrons. The van der Waals surface area contributed by atoms with E-state index < -0.39 is 0 Å². The molecule has 2 N–H and O–H groups in total. The summed E-state index contributed by atoms with van der Waals surface area (Å²) in [5.74, 6) is 2.62. The minimum atomic E-state index is -0.339. The van der Waals surface area contributed by atoms with Crippen molar-refractivity contribution in [3.05, 3.63) is 54.6 Å². The molecule has 2 fully saturated rings. The maximum atomic E-state index is 12.9. The molecule has 2 saturated heterocycles. The molecule has 1 amide bonds. The number of benzene rings is 2. The number of carbonyl (C=O) groups is 1. The Kier molecular flexibility index (Phi) is 6.79. The number of rotatable bonds is 5. The van der Waals surface area contributed by atoms with Gasteiger partial charge in [0, 0.05) is 38.3 Å². The first-order chi connectivity index (χ1) is 19.3. The largest absolute Gasteiger partial charge is 0.457 e. The van der Waals surface area contributed by atoms with Crippen molar-refractivity contribution in [2.24, 2.45) is 0 Å². The van der Waals surface area contributed by atoms with Crippen molar-refractivity contribution in [3.63, 3.8) is 0 Å². The highest BCUT2D eigenvalue weighted by atomic mass is 16.5. The molecule has 1 atom stereocenters. The SMILES string of the molecule is CC(C)(C)n1nc2nc(N3CCN(C(=O)C4CCCO4)CC3)nc(-c3cccc(Oc4ccccc4)c3)c2c1N. The van der Waals surface area contributed by atoms with Crippen LogP contribution in [0.4, 0.5) is 11.8 Å². The van der Waals surface area contributed by atoms with Crippen molar-refractivity contribution in [2.45, 2.75) is 45.3 Å². The monoisotopic (exact) mass is 541 g/mol. The number of amides is 1. The van der Waals surface area contributed by atoms with Crippen LogP contribution in [0.3, 0.4) is 0 Å². The van der Waals surface area contributed by atoms with Crippen molar-refractivity contribution in [2.75, 3.05) is 43.4 Å². The number of nitrogens with two attached hydrogens (primary N) is 1. The highest BCUT2D eigenvalue weighted by Gasteiger charge is 2.32. The number of hydrogen-bond acceptors (Lipinski definition) is 8. The summed E-state index contributed by atoms with van der Waals surface area (Å²) in [6.07, 6.45) is 1.43. The number of para-hydroxylation sites is 1. The van der Waals surface area contributed by atoms with Gasteiger partial charge in [-0.15, -0.1) is 5.10 Å². The van der Waals surface area contributed by atoms with Gasteiger partial charge >= 0.3 is 0 Å². The van der Waals surface area contributed by atoms with Gasteiger partial charge in [-0.1, -0.05) is 30.3 Å². The average Bonchev–Trinajstić information content (AvgIpc) is 3.62. The molecule has 10 nitrogen and oxygen atoms in total. The van der Waals surface area contributed by atoms with Gasteiger partial charge < -0.3 is 25.0 Å². The third-order valence-electron chi connectivity index (χ3n) is 7.36. The molecule has 0 aliphatic carbocycles.